The molecule has 0 saturated heterocycles. The largest absolute Gasteiger partial charge is 0.427 e. The lowest BCUT2D eigenvalue weighted by molar-refractivity contribution is -0.393. The zero-order chi connectivity index (χ0) is 18.4. The maximum atomic E-state index is 11.0. The number of non-ortho nitro benzene ring substituents is 1. The second-order valence-electron chi connectivity index (χ2n) is 4.75. The number of benzene rings is 2. The molecule has 2 rings (SSSR count). The van der Waals surface area contributed by atoms with E-state index >= 15 is 0 Å². The fourth-order valence-electron chi connectivity index (χ4n) is 1.88. The van der Waals surface area contributed by atoms with Gasteiger partial charge in [0.1, 0.15) is 11.4 Å². The summed E-state index contributed by atoms with van der Waals surface area (Å²) in [7, 11) is 0. The molecule has 128 valence electrons. The highest BCUT2D eigenvalue weighted by molar-refractivity contribution is 5.81. The molecule has 2 aromatic carbocycles. The highest BCUT2D eigenvalue weighted by Gasteiger charge is 2.19. The first-order valence-electron chi connectivity index (χ1n) is 6.87. The van der Waals surface area contributed by atoms with E-state index in [1.165, 1.54) is 19.2 Å². The second-order valence-corrected chi connectivity index (χ2v) is 4.75. The standard InChI is InChI=1S/C15H12N4O6/c1-10(20)25-13-4-2-3-11(7-13)9-16-17-14-6-5-12(18(21)22)8-15(14)19(23)24/h2-9,17H,1H3/b16-9-. The van der Waals surface area contributed by atoms with Crippen molar-refractivity contribution in [3.63, 3.8) is 0 Å². The molecule has 10 nitrogen and oxygen atoms in total. The van der Waals surface area contributed by atoms with Crippen LogP contribution >= 0.6 is 0 Å². The van der Waals surface area contributed by atoms with Crippen molar-refractivity contribution >= 4 is 29.2 Å². The fraction of sp³-hybridized carbons (Fsp3) is 0.0667. The van der Waals surface area contributed by atoms with Crippen molar-refractivity contribution in [3.05, 3.63) is 68.3 Å². The van der Waals surface area contributed by atoms with Gasteiger partial charge in [0.2, 0.25) is 0 Å². The van der Waals surface area contributed by atoms with Crippen LogP contribution in [-0.4, -0.2) is 22.0 Å². The third-order valence-corrected chi connectivity index (χ3v) is 2.91. The van der Waals surface area contributed by atoms with Crippen LogP contribution in [0.1, 0.15) is 12.5 Å². The summed E-state index contributed by atoms with van der Waals surface area (Å²) in [6, 6.07) is 9.65. The Morgan fingerprint density at radius 1 is 1.16 bits per heavy atom. The highest BCUT2D eigenvalue weighted by Crippen LogP contribution is 2.28. The summed E-state index contributed by atoms with van der Waals surface area (Å²) >= 11 is 0. The molecule has 0 aromatic heterocycles. The minimum absolute atomic E-state index is 0.00277. The second kappa shape index (κ2) is 7.64. The van der Waals surface area contributed by atoms with Crippen molar-refractivity contribution in [1.29, 1.82) is 0 Å². The summed E-state index contributed by atoms with van der Waals surface area (Å²) in [5.41, 5.74) is 2.18. The first-order chi connectivity index (χ1) is 11.9. The molecular weight excluding hydrogens is 332 g/mol. The summed E-state index contributed by atoms with van der Waals surface area (Å²) in [6.07, 6.45) is 1.36. The summed E-state index contributed by atoms with van der Waals surface area (Å²) in [4.78, 5) is 31.2. The summed E-state index contributed by atoms with van der Waals surface area (Å²) in [6.45, 7) is 1.27. The number of nitrogens with one attached hydrogen (secondary N) is 1. The molecule has 0 bridgehead atoms. The molecule has 0 fully saturated rings. The number of esters is 1. The van der Waals surface area contributed by atoms with Crippen LogP contribution in [0, 0.1) is 20.2 Å². The topological polar surface area (TPSA) is 137 Å². The van der Waals surface area contributed by atoms with E-state index in [2.05, 4.69) is 10.5 Å². The van der Waals surface area contributed by atoms with Gasteiger partial charge in [-0.25, -0.2) is 0 Å². The van der Waals surface area contributed by atoms with Gasteiger partial charge in [0.15, 0.2) is 0 Å². The van der Waals surface area contributed by atoms with Crippen molar-refractivity contribution in [1.82, 2.24) is 0 Å². The van der Waals surface area contributed by atoms with E-state index in [4.69, 9.17) is 4.74 Å². The maximum Gasteiger partial charge on any atom is 0.308 e. The Bertz CT molecular complexity index is 865. The predicted molar refractivity (Wildman–Crippen MR) is 88.7 cm³/mol. The number of nitro groups is 2. The minimum atomic E-state index is -0.744. The Morgan fingerprint density at radius 2 is 1.92 bits per heavy atom. The quantitative estimate of drug-likeness (QED) is 0.279. The van der Waals surface area contributed by atoms with E-state index in [-0.39, 0.29) is 5.69 Å². The average Bonchev–Trinajstić information content (AvgIpc) is 2.54. The van der Waals surface area contributed by atoms with Gasteiger partial charge in [0.05, 0.1) is 22.1 Å². The lowest BCUT2D eigenvalue weighted by Gasteiger charge is -2.03. The van der Waals surface area contributed by atoms with Crippen LogP contribution in [0.15, 0.2) is 47.6 Å². The number of hydrogen-bond donors (Lipinski definition) is 1. The highest BCUT2D eigenvalue weighted by atomic mass is 16.6. The smallest absolute Gasteiger partial charge is 0.308 e. The molecule has 0 unspecified atom stereocenters. The molecule has 0 spiro atoms. The lowest BCUT2D eigenvalue weighted by Crippen LogP contribution is -2.01. The first-order valence-corrected chi connectivity index (χ1v) is 6.87. The van der Waals surface area contributed by atoms with Crippen LogP contribution in [0.2, 0.25) is 0 Å². The van der Waals surface area contributed by atoms with E-state index in [0.717, 1.165) is 12.1 Å². The molecule has 0 aliphatic rings. The zero-order valence-electron chi connectivity index (χ0n) is 12.9. The monoisotopic (exact) mass is 344 g/mol. The van der Waals surface area contributed by atoms with Gasteiger partial charge < -0.3 is 4.74 Å². The van der Waals surface area contributed by atoms with Gasteiger partial charge in [0.25, 0.3) is 5.69 Å². The molecule has 0 heterocycles. The normalized spacial score (nSPS) is 10.4. The first kappa shape index (κ1) is 17.5. The molecule has 0 radical (unpaired) electrons. The van der Waals surface area contributed by atoms with Crippen molar-refractivity contribution in [2.75, 3.05) is 5.43 Å². The Balaban J connectivity index is 2.18. The van der Waals surface area contributed by atoms with Crippen molar-refractivity contribution in [2.24, 2.45) is 5.10 Å². The van der Waals surface area contributed by atoms with Gasteiger partial charge in [-0.2, -0.15) is 5.10 Å². The molecule has 0 aliphatic heterocycles. The Morgan fingerprint density at radius 3 is 2.56 bits per heavy atom. The van der Waals surface area contributed by atoms with Crippen LogP contribution in [0.3, 0.4) is 0 Å². The number of anilines is 1. The van der Waals surface area contributed by atoms with E-state index in [9.17, 15) is 25.0 Å². The Kier molecular flexibility index (Phi) is 5.36. The summed E-state index contributed by atoms with van der Waals surface area (Å²) < 4.78 is 4.93. The summed E-state index contributed by atoms with van der Waals surface area (Å²) in [5, 5.41) is 25.6. The van der Waals surface area contributed by atoms with E-state index in [1.807, 2.05) is 0 Å². The number of hydrogen-bond acceptors (Lipinski definition) is 8. The van der Waals surface area contributed by atoms with Crippen molar-refractivity contribution in [2.45, 2.75) is 6.92 Å². The number of nitro benzene ring substituents is 2. The zero-order valence-corrected chi connectivity index (χ0v) is 12.9. The molecule has 2 aromatic rings. The van der Waals surface area contributed by atoms with Gasteiger partial charge >= 0.3 is 11.7 Å². The Hall–Kier alpha value is -3.82. The van der Waals surface area contributed by atoms with Crippen molar-refractivity contribution < 1.29 is 19.4 Å². The van der Waals surface area contributed by atoms with Gasteiger partial charge in [-0.1, -0.05) is 12.1 Å². The van der Waals surface area contributed by atoms with Crippen LogP contribution in [0.4, 0.5) is 17.1 Å². The predicted octanol–water partition coefficient (Wildman–Crippen LogP) is 2.87. The van der Waals surface area contributed by atoms with E-state index < -0.39 is 27.2 Å². The summed E-state index contributed by atoms with van der Waals surface area (Å²) in [5.74, 6) is -0.133. The van der Waals surface area contributed by atoms with Crippen LogP contribution in [0.25, 0.3) is 0 Å². The van der Waals surface area contributed by atoms with Gasteiger partial charge in [-0.3, -0.25) is 30.4 Å². The number of nitrogens with zero attached hydrogens (tertiary/aromatic N) is 3. The molecule has 1 N–H and O–H groups in total. The third-order valence-electron chi connectivity index (χ3n) is 2.91. The average molecular weight is 344 g/mol. The minimum Gasteiger partial charge on any atom is -0.427 e. The Labute approximate surface area is 141 Å². The molecular formula is C15H12N4O6. The number of carbonyl (C=O) groups excluding carboxylic acids is 1. The number of rotatable bonds is 6. The number of hydrazone groups is 1. The van der Waals surface area contributed by atoms with Gasteiger partial charge in [0, 0.05) is 13.0 Å². The van der Waals surface area contributed by atoms with Crippen LogP contribution in [-0.2, 0) is 4.79 Å². The molecule has 0 saturated carbocycles. The van der Waals surface area contributed by atoms with Gasteiger partial charge in [-0.05, 0) is 23.8 Å². The van der Waals surface area contributed by atoms with E-state index in [1.54, 1.807) is 24.3 Å². The maximum absolute atomic E-state index is 11.0. The molecule has 0 atom stereocenters. The third kappa shape index (κ3) is 4.82. The molecule has 10 heteroatoms. The molecule has 0 aliphatic carbocycles. The fourth-order valence-corrected chi connectivity index (χ4v) is 1.88. The van der Waals surface area contributed by atoms with E-state index in [0.29, 0.717) is 11.3 Å². The van der Waals surface area contributed by atoms with Crippen LogP contribution < -0.4 is 10.2 Å². The number of carbonyl (C=O) groups is 1. The van der Waals surface area contributed by atoms with Gasteiger partial charge in [-0.15, -0.1) is 0 Å². The SMILES string of the molecule is CC(=O)Oc1cccc(/C=N\Nc2ccc([N+](=O)[O-])cc2[N+](=O)[O-])c1. The van der Waals surface area contributed by atoms with Crippen LogP contribution in [0.5, 0.6) is 5.75 Å². The molecule has 25 heavy (non-hydrogen) atoms. The lowest BCUT2D eigenvalue weighted by atomic mass is 10.2. The van der Waals surface area contributed by atoms with Crippen molar-refractivity contribution in [3.8, 4) is 5.75 Å². The molecule has 0 amide bonds. The number of ether oxygens (including phenoxy) is 1.